The van der Waals surface area contributed by atoms with E-state index in [0.717, 1.165) is 79.4 Å². The number of aromatic nitrogens is 2. The average Bonchev–Trinajstić information content (AvgIpc) is 3.92. The van der Waals surface area contributed by atoms with Crippen LogP contribution < -0.4 is 5.32 Å². The number of likely N-dealkylation sites (tertiary alicyclic amines) is 1. The quantitative estimate of drug-likeness (QED) is 0.118. The van der Waals surface area contributed by atoms with E-state index < -0.39 is 0 Å². The van der Waals surface area contributed by atoms with E-state index in [2.05, 4.69) is 50.6 Å². The molecule has 242 valence electrons. The second-order valence-corrected chi connectivity index (χ2v) is 12.8. The van der Waals surface area contributed by atoms with Crippen molar-refractivity contribution in [1.29, 1.82) is 0 Å². The number of carbonyl (C=O) groups is 1. The van der Waals surface area contributed by atoms with E-state index in [4.69, 9.17) is 23.2 Å². The molecule has 4 heterocycles. The topological polar surface area (TPSA) is 104 Å². The Bertz CT molecular complexity index is 1960. The van der Waals surface area contributed by atoms with Gasteiger partial charge in [-0.3, -0.25) is 9.69 Å². The van der Waals surface area contributed by atoms with Crippen molar-refractivity contribution < 1.29 is 15.0 Å². The van der Waals surface area contributed by atoms with Gasteiger partial charge in [-0.05, 0) is 78.7 Å². The maximum Gasteiger partial charge on any atom is 0.152 e. The number of halogens is 2. The number of rotatable bonds is 5. The Kier molecular flexibility index (Phi) is 10.5. The molecule has 7 nitrogen and oxygen atoms in total. The molecule has 2 aromatic heterocycles. The molecule has 2 atom stereocenters. The van der Waals surface area contributed by atoms with Gasteiger partial charge in [-0.15, -0.1) is 0 Å². The van der Waals surface area contributed by atoms with Gasteiger partial charge in [0, 0.05) is 59.4 Å². The smallest absolute Gasteiger partial charge is 0.152 e. The number of hydrogen-bond acceptors (Lipinski definition) is 5. The number of aromatic hydroxyl groups is 2. The number of aldehydes is 1. The first kappa shape index (κ1) is 32.7. The van der Waals surface area contributed by atoms with Crippen LogP contribution in [0, 0.1) is 0 Å². The van der Waals surface area contributed by atoms with Crippen LogP contribution in [0.3, 0.4) is 0 Å². The van der Waals surface area contributed by atoms with Gasteiger partial charge in [-0.2, -0.15) is 0 Å². The van der Waals surface area contributed by atoms with Crippen LogP contribution in [0.4, 0.5) is 0 Å². The summed E-state index contributed by atoms with van der Waals surface area (Å²) in [5, 5.41) is 25.8. The van der Waals surface area contributed by atoms with Crippen molar-refractivity contribution in [3.63, 3.8) is 0 Å². The van der Waals surface area contributed by atoms with E-state index in [1.807, 2.05) is 48.5 Å². The molecule has 0 radical (unpaired) electrons. The highest BCUT2D eigenvalue weighted by Crippen LogP contribution is 2.37. The van der Waals surface area contributed by atoms with Crippen LogP contribution in [0.5, 0.6) is 11.5 Å². The van der Waals surface area contributed by atoms with Crippen LogP contribution in [0.15, 0.2) is 97.3 Å². The fourth-order valence-electron chi connectivity index (χ4n) is 6.55. The molecule has 2 unspecified atom stereocenters. The fraction of sp³-hybridized carbons (Fsp3) is 0.237. The van der Waals surface area contributed by atoms with Gasteiger partial charge in [-0.25, -0.2) is 0 Å². The van der Waals surface area contributed by atoms with Crippen molar-refractivity contribution in [3.8, 4) is 11.5 Å². The van der Waals surface area contributed by atoms with Crippen LogP contribution >= 0.6 is 23.2 Å². The summed E-state index contributed by atoms with van der Waals surface area (Å²) < 4.78 is 0. The van der Waals surface area contributed by atoms with Crippen LogP contribution in [0.1, 0.15) is 51.7 Å². The molecular formula is C38H38Cl2N4O3. The summed E-state index contributed by atoms with van der Waals surface area (Å²) >= 11 is 12.3. The Morgan fingerprint density at radius 2 is 1.36 bits per heavy atom. The Hall–Kier alpha value is -4.27. The molecule has 47 heavy (non-hydrogen) atoms. The summed E-state index contributed by atoms with van der Waals surface area (Å²) in [6.45, 7) is 4.97. The monoisotopic (exact) mass is 668 g/mol. The Morgan fingerprint density at radius 1 is 0.745 bits per heavy atom. The Morgan fingerprint density at radius 3 is 2.02 bits per heavy atom. The number of para-hydroxylation sites is 2. The molecule has 2 aliphatic heterocycles. The first-order valence-corrected chi connectivity index (χ1v) is 16.6. The van der Waals surface area contributed by atoms with Crippen LogP contribution in [0.25, 0.3) is 21.8 Å². The van der Waals surface area contributed by atoms with E-state index in [1.165, 1.54) is 16.5 Å². The predicted octanol–water partition coefficient (Wildman–Crippen LogP) is 8.62. The van der Waals surface area contributed by atoms with E-state index in [-0.39, 0.29) is 11.5 Å². The van der Waals surface area contributed by atoms with Gasteiger partial charge in [0.2, 0.25) is 0 Å². The zero-order chi connectivity index (χ0) is 32.8. The minimum Gasteiger partial charge on any atom is -0.506 e. The second kappa shape index (κ2) is 15.1. The molecule has 0 spiro atoms. The molecule has 6 aromatic rings. The van der Waals surface area contributed by atoms with Crippen LogP contribution in [0.2, 0.25) is 10.0 Å². The molecule has 2 fully saturated rings. The zero-order valence-electron chi connectivity index (χ0n) is 25.9. The minimum absolute atomic E-state index is 0.180. The third-order valence-electron chi connectivity index (χ3n) is 9.05. The SMILES string of the molecule is O=Cc1c[nH]c2ccccc12.Oc1cccc(C2CCN(Cc3c[nH]c4ccccc34)C2)c1Cl.Oc1cccc(C2CCNC2)c1Cl. The number of phenolic OH excluding ortho intramolecular Hbond substituents is 2. The van der Waals surface area contributed by atoms with Crippen LogP contribution in [-0.2, 0) is 6.54 Å². The Labute approximate surface area is 284 Å². The lowest BCUT2D eigenvalue weighted by atomic mass is 9.98. The minimum atomic E-state index is 0.180. The normalized spacial score (nSPS) is 17.7. The third kappa shape index (κ3) is 7.50. The molecular weight excluding hydrogens is 631 g/mol. The van der Waals surface area contributed by atoms with Crippen molar-refractivity contribution in [2.45, 2.75) is 31.2 Å². The second-order valence-electron chi connectivity index (χ2n) is 12.0. The van der Waals surface area contributed by atoms with Crippen LogP contribution in [-0.4, -0.2) is 57.5 Å². The molecule has 4 aromatic carbocycles. The summed E-state index contributed by atoms with van der Waals surface area (Å²) in [5.41, 5.74) is 6.38. The van der Waals surface area contributed by atoms with Crippen molar-refractivity contribution in [2.75, 3.05) is 26.2 Å². The maximum atomic E-state index is 10.5. The number of aromatic amines is 2. The lowest BCUT2D eigenvalue weighted by Crippen LogP contribution is -2.19. The van der Waals surface area contributed by atoms with E-state index >= 15 is 0 Å². The molecule has 2 aliphatic rings. The summed E-state index contributed by atoms with van der Waals surface area (Å²) in [7, 11) is 0. The number of hydrogen-bond donors (Lipinski definition) is 5. The number of carbonyl (C=O) groups excluding carboxylic acids is 1. The number of nitrogens with one attached hydrogen (secondary N) is 3. The average molecular weight is 670 g/mol. The van der Waals surface area contributed by atoms with Gasteiger partial charge < -0.3 is 25.5 Å². The maximum absolute atomic E-state index is 10.5. The van der Waals surface area contributed by atoms with E-state index in [1.54, 1.807) is 18.3 Å². The summed E-state index contributed by atoms with van der Waals surface area (Å²) in [4.78, 5) is 19.3. The fourth-order valence-corrected chi connectivity index (χ4v) is 7.11. The number of H-pyrrole nitrogens is 2. The highest BCUT2D eigenvalue weighted by Gasteiger charge is 2.26. The standard InChI is InChI=1S/C19H19ClN2O.C10H12ClNO.C9H7NO/c20-19-16(5-3-7-18(19)23)13-8-9-22(11-13)12-14-10-21-17-6-2-1-4-15(14)17;11-10-8(2-1-3-9(10)13)7-4-5-12-6-7;11-6-7-5-10-9-4-2-1-3-8(7)9/h1-7,10,13,21,23H,8-9,11-12H2;1-3,7,12-13H,4-6H2;1-6,10H. The van der Waals surface area contributed by atoms with Crippen molar-refractivity contribution in [2.24, 2.45) is 0 Å². The molecule has 9 heteroatoms. The lowest BCUT2D eigenvalue weighted by Gasteiger charge is -2.16. The third-order valence-corrected chi connectivity index (χ3v) is 9.87. The molecule has 0 saturated carbocycles. The van der Waals surface area contributed by atoms with Gasteiger partial charge in [0.1, 0.15) is 11.5 Å². The summed E-state index contributed by atoms with van der Waals surface area (Å²) in [6, 6.07) is 27.1. The molecule has 0 aliphatic carbocycles. The van der Waals surface area contributed by atoms with Crippen molar-refractivity contribution in [3.05, 3.63) is 130 Å². The predicted molar refractivity (Wildman–Crippen MR) is 191 cm³/mol. The lowest BCUT2D eigenvalue weighted by molar-refractivity contribution is 0.112. The Balaban J connectivity index is 0.000000136. The van der Waals surface area contributed by atoms with Crippen molar-refractivity contribution in [1.82, 2.24) is 20.2 Å². The zero-order valence-corrected chi connectivity index (χ0v) is 27.4. The molecule has 8 rings (SSSR count). The largest absolute Gasteiger partial charge is 0.506 e. The molecule has 0 amide bonds. The van der Waals surface area contributed by atoms with Gasteiger partial charge in [0.15, 0.2) is 6.29 Å². The summed E-state index contributed by atoms with van der Waals surface area (Å²) in [6.07, 6.45) is 6.87. The van der Waals surface area contributed by atoms with Gasteiger partial charge in [-0.1, -0.05) is 83.9 Å². The highest BCUT2D eigenvalue weighted by molar-refractivity contribution is 6.33. The van der Waals surface area contributed by atoms with Gasteiger partial charge in [0.25, 0.3) is 0 Å². The number of fused-ring (bicyclic) bond motifs is 2. The number of nitrogens with zero attached hydrogens (tertiary/aromatic N) is 1. The molecule has 5 N–H and O–H groups in total. The number of benzene rings is 4. The molecule has 0 bridgehead atoms. The summed E-state index contributed by atoms with van der Waals surface area (Å²) in [5.74, 6) is 1.21. The van der Waals surface area contributed by atoms with Crippen molar-refractivity contribution >= 4 is 51.3 Å². The highest BCUT2D eigenvalue weighted by atomic mass is 35.5. The first-order valence-electron chi connectivity index (χ1n) is 15.9. The first-order chi connectivity index (χ1) is 22.9. The number of phenols is 2. The van der Waals surface area contributed by atoms with Gasteiger partial charge >= 0.3 is 0 Å². The van der Waals surface area contributed by atoms with Gasteiger partial charge in [0.05, 0.1) is 10.0 Å². The van der Waals surface area contributed by atoms with E-state index in [0.29, 0.717) is 21.9 Å². The van der Waals surface area contributed by atoms with E-state index in [9.17, 15) is 15.0 Å². The molecule has 2 saturated heterocycles.